The number of halogens is 2. The SMILES string of the molecule is Cc1ccc(OCCC(=O)Nc2ccc(Br)cc2F)cc1. The van der Waals surface area contributed by atoms with Crippen LogP contribution in [-0.2, 0) is 4.79 Å². The molecule has 21 heavy (non-hydrogen) atoms. The van der Waals surface area contributed by atoms with Gasteiger partial charge in [0.1, 0.15) is 11.6 Å². The average Bonchev–Trinajstić information content (AvgIpc) is 2.44. The predicted molar refractivity (Wildman–Crippen MR) is 84.0 cm³/mol. The van der Waals surface area contributed by atoms with Crippen molar-refractivity contribution in [2.75, 3.05) is 11.9 Å². The van der Waals surface area contributed by atoms with Gasteiger partial charge in [-0.25, -0.2) is 4.39 Å². The van der Waals surface area contributed by atoms with Gasteiger partial charge in [-0.05, 0) is 37.3 Å². The number of anilines is 1. The Morgan fingerprint density at radius 3 is 2.62 bits per heavy atom. The zero-order chi connectivity index (χ0) is 15.2. The monoisotopic (exact) mass is 351 g/mol. The second-order valence-electron chi connectivity index (χ2n) is 4.58. The molecule has 5 heteroatoms. The maximum atomic E-state index is 13.6. The lowest BCUT2D eigenvalue weighted by molar-refractivity contribution is -0.116. The lowest BCUT2D eigenvalue weighted by Crippen LogP contribution is -2.16. The predicted octanol–water partition coefficient (Wildman–Crippen LogP) is 4.30. The molecule has 2 aromatic carbocycles. The molecule has 0 saturated heterocycles. The van der Waals surface area contributed by atoms with Crippen LogP contribution < -0.4 is 10.1 Å². The van der Waals surface area contributed by atoms with E-state index in [0.29, 0.717) is 10.2 Å². The Kier molecular flexibility index (Phi) is 5.33. The minimum Gasteiger partial charge on any atom is -0.493 e. The Balaban J connectivity index is 1.81. The van der Waals surface area contributed by atoms with Crippen LogP contribution >= 0.6 is 15.9 Å². The van der Waals surface area contributed by atoms with Crippen molar-refractivity contribution in [3.8, 4) is 5.75 Å². The van der Waals surface area contributed by atoms with E-state index in [1.807, 2.05) is 31.2 Å². The number of nitrogens with one attached hydrogen (secondary N) is 1. The summed E-state index contributed by atoms with van der Waals surface area (Å²) in [7, 11) is 0. The third kappa shape index (κ3) is 4.86. The minimum atomic E-state index is -0.475. The van der Waals surface area contributed by atoms with Gasteiger partial charge in [0.05, 0.1) is 18.7 Å². The van der Waals surface area contributed by atoms with E-state index in [4.69, 9.17) is 4.74 Å². The van der Waals surface area contributed by atoms with E-state index in [1.165, 1.54) is 12.1 Å². The Labute approximate surface area is 131 Å². The zero-order valence-corrected chi connectivity index (χ0v) is 13.1. The molecule has 1 N–H and O–H groups in total. The quantitative estimate of drug-likeness (QED) is 0.871. The molecule has 110 valence electrons. The lowest BCUT2D eigenvalue weighted by atomic mass is 10.2. The normalized spacial score (nSPS) is 10.2. The fraction of sp³-hybridized carbons (Fsp3) is 0.188. The van der Waals surface area contributed by atoms with E-state index in [9.17, 15) is 9.18 Å². The smallest absolute Gasteiger partial charge is 0.227 e. The van der Waals surface area contributed by atoms with E-state index in [0.717, 1.165) is 5.56 Å². The maximum Gasteiger partial charge on any atom is 0.227 e. The molecular weight excluding hydrogens is 337 g/mol. The molecular formula is C16H15BrFNO2. The second kappa shape index (κ2) is 7.22. The third-order valence-electron chi connectivity index (χ3n) is 2.82. The number of carbonyl (C=O) groups is 1. The van der Waals surface area contributed by atoms with Gasteiger partial charge in [-0.15, -0.1) is 0 Å². The molecule has 0 heterocycles. The second-order valence-corrected chi connectivity index (χ2v) is 5.50. The van der Waals surface area contributed by atoms with Crippen molar-refractivity contribution in [1.82, 2.24) is 0 Å². The molecule has 1 amide bonds. The van der Waals surface area contributed by atoms with Crippen LogP contribution in [0.2, 0.25) is 0 Å². The fourth-order valence-electron chi connectivity index (χ4n) is 1.70. The molecule has 3 nitrogen and oxygen atoms in total. The molecule has 0 unspecified atom stereocenters. The zero-order valence-electron chi connectivity index (χ0n) is 11.5. The van der Waals surface area contributed by atoms with Gasteiger partial charge < -0.3 is 10.1 Å². The maximum absolute atomic E-state index is 13.6. The van der Waals surface area contributed by atoms with E-state index in [-0.39, 0.29) is 24.6 Å². The van der Waals surface area contributed by atoms with Gasteiger partial charge in [0.2, 0.25) is 5.91 Å². The molecule has 0 bridgehead atoms. The van der Waals surface area contributed by atoms with Gasteiger partial charge in [0.15, 0.2) is 0 Å². The summed E-state index contributed by atoms with van der Waals surface area (Å²) in [5.74, 6) is -0.0521. The highest BCUT2D eigenvalue weighted by Crippen LogP contribution is 2.19. The first kappa shape index (κ1) is 15.5. The van der Waals surface area contributed by atoms with Crippen LogP contribution in [0.5, 0.6) is 5.75 Å². The summed E-state index contributed by atoms with van der Waals surface area (Å²) in [4.78, 5) is 11.7. The summed E-state index contributed by atoms with van der Waals surface area (Å²) in [5, 5.41) is 2.52. The largest absolute Gasteiger partial charge is 0.493 e. The molecule has 0 aliphatic rings. The van der Waals surface area contributed by atoms with Crippen molar-refractivity contribution < 1.29 is 13.9 Å². The van der Waals surface area contributed by atoms with Crippen LogP contribution in [-0.4, -0.2) is 12.5 Å². The van der Waals surface area contributed by atoms with E-state index in [1.54, 1.807) is 6.07 Å². The van der Waals surface area contributed by atoms with Gasteiger partial charge >= 0.3 is 0 Å². The molecule has 2 aromatic rings. The Hall–Kier alpha value is -1.88. The van der Waals surface area contributed by atoms with Crippen LogP contribution in [0.15, 0.2) is 46.9 Å². The highest BCUT2D eigenvalue weighted by Gasteiger charge is 2.07. The van der Waals surface area contributed by atoms with Crippen LogP contribution in [0, 0.1) is 12.7 Å². The van der Waals surface area contributed by atoms with E-state index in [2.05, 4.69) is 21.2 Å². The Morgan fingerprint density at radius 2 is 1.95 bits per heavy atom. The molecule has 0 aliphatic heterocycles. The van der Waals surface area contributed by atoms with Crippen molar-refractivity contribution in [3.63, 3.8) is 0 Å². The van der Waals surface area contributed by atoms with Crippen molar-refractivity contribution in [1.29, 1.82) is 0 Å². The van der Waals surface area contributed by atoms with Gasteiger partial charge in [-0.1, -0.05) is 33.6 Å². The van der Waals surface area contributed by atoms with Crippen molar-refractivity contribution in [2.45, 2.75) is 13.3 Å². The van der Waals surface area contributed by atoms with Crippen LogP contribution in [0.25, 0.3) is 0 Å². The number of benzene rings is 2. The molecule has 0 aliphatic carbocycles. The summed E-state index contributed by atoms with van der Waals surface area (Å²) in [6.45, 7) is 2.23. The summed E-state index contributed by atoms with van der Waals surface area (Å²) in [5.41, 5.74) is 1.31. The van der Waals surface area contributed by atoms with Crippen LogP contribution in [0.1, 0.15) is 12.0 Å². The lowest BCUT2D eigenvalue weighted by Gasteiger charge is -2.08. The fourth-order valence-corrected chi connectivity index (χ4v) is 2.03. The number of amides is 1. The number of aryl methyl sites for hydroxylation is 1. The Bertz CT molecular complexity index is 629. The summed E-state index contributed by atoms with van der Waals surface area (Å²) in [6.07, 6.45) is 0.156. The number of hydrogen-bond acceptors (Lipinski definition) is 2. The minimum absolute atomic E-state index is 0.156. The van der Waals surface area contributed by atoms with Crippen LogP contribution in [0.3, 0.4) is 0 Å². The third-order valence-corrected chi connectivity index (χ3v) is 3.32. The van der Waals surface area contributed by atoms with Crippen molar-refractivity contribution in [2.24, 2.45) is 0 Å². The highest BCUT2D eigenvalue weighted by molar-refractivity contribution is 9.10. The molecule has 0 atom stereocenters. The van der Waals surface area contributed by atoms with Gasteiger partial charge in [-0.2, -0.15) is 0 Å². The number of ether oxygens (including phenoxy) is 1. The number of rotatable bonds is 5. The number of carbonyl (C=O) groups excluding carboxylic acids is 1. The van der Waals surface area contributed by atoms with Crippen LogP contribution in [0.4, 0.5) is 10.1 Å². The molecule has 0 fully saturated rings. The highest BCUT2D eigenvalue weighted by atomic mass is 79.9. The van der Waals surface area contributed by atoms with Crippen molar-refractivity contribution >= 4 is 27.5 Å². The Morgan fingerprint density at radius 1 is 1.24 bits per heavy atom. The molecule has 0 saturated carbocycles. The topological polar surface area (TPSA) is 38.3 Å². The molecule has 2 rings (SSSR count). The summed E-state index contributed by atoms with van der Waals surface area (Å²) >= 11 is 3.16. The first-order valence-electron chi connectivity index (χ1n) is 6.49. The van der Waals surface area contributed by atoms with E-state index < -0.39 is 5.82 Å². The van der Waals surface area contributed by atoms with Gasteiger partial charge in [-0.3, -0.25) is 4.79 Å². The van der Waals surface area contributed by atoms with Crippen molar-refractivity contribution in [3.05, 3.63) is 58.3 Å². The first-order valence-corrected chi connectivity index (χ1v) is 7.28. The van der Waals surface area contributed by atoms with Gasteiger partial charge in [0, 0.05) is 4.47 Å². The number of hydrogen-bond donors (Lipinski definition) is 1. The average molecular weight is 352 g/mol. The standard InChI is InChI=1S/C16H15BrFNO2/c1-11-2-5-13(6-3-11)21-9-8-16(20)19-15-7-4-12(17)10-14(15)18/h2-7,10H,8-9H2,1H3,(H,19,20). The molecule has 0 aromatic heterocycles. The molecule has 0 radical (unpaired) electrons. The van der Waals surface area contributed by atoms with Gasteiger partial charge in [0.25, 0.3) is 0 Å². The van der Waals surface area contributed by atoms with E-state index >= 15 is 0 Å². The summed E-state index contributed by atoms with van der Waals surface area (Å²) in [6, 6.07) is 12.1. The summed E-state index contributed by atoms with van der Waals surface area (Å²) < 4.78 is 19.6. The first-order chi connectivity index (χ1) is 10.0. The molecule has 0 spiro atoms.